The predicted molar refractivity (Wildman–Crippen MR) is 197 cm³/mol. The molecular weight excluding hydrogens is 631 g/mol. The smallest absolute Gasteiger partial charge is 0.352 e. The van der Waals surface area contributed by atoms with E-state index in [2.05, 4.69) is 66.8 Å². The molecule has 4 aliphatic carbocycles. The lowest BCUT2D eigenvalue weighted by Gasteiger charge is -2.71. The lowest BCUT2D eigenvalue weighted by molar-refractivity contribution is -0.201. The fourth-order valence-corrected chi connectivity index (χ4v) is 12.9. The summed E-state index contributed by atoms with van der Waals surface area (Å²) in [5.41, 5.74) is -2.12. The molecule has 9 atom stereocenters. The van der Waals surface area contributed by atoms with Crippen LogP contribution in [0.4, 0.5) is 0 Å². The predicted octanol–water partition coefficient (Wildman–Crippen LogP) is 7.36. The molecule has 8 nitrogen and oxygen atoms in total. The van der Waals surface area contributed by atoms with Crippen molar-refractivity contribution in [2.24, 2.45) is 28.6 Å². The monoisotopic (exact) mass is 691 g/mol. The topological polar surface area (TPSA) is 87.6 Å². The molecule has 2 bridgehead atoms. The van der Waals surface area contributed by atoms with E-state index in [1.807, 2.05) is 53.5 Å². The first-order valence-corrected chi connectivity index (χ1v) is 21.9. The number of rotatable bonds is 8. The molecule has 1 aromatic heterocycles. The number of para-hydroxylation sites is 1. The van der Waals surface area contributed by atoms with Crippen LogP contribution in [-0.4, -0.2) is 51.8 Å². The Kier molecular flexibility index (Phi) is 8.01. The first kappa shape index (κ1) is 35.2. The molecule has 0 amide bonds. The number of allylic oxidation sites excluding steroid dienone is 2. The summed E-state index contributed by atoms with van der Waals surface area (Å²) in [6, 6.07) is 9.49. The molecule has 6 aliphatic rings. The van der Waals surface area contributed by atoms with Crippen LogP contribution in [0.3, 0.4) is 0 Å². The number of ether oxygens (including phenoxy) is 1. The van der Waals surface area contributed by atoms with E-state index in [0.717, 1.165) is 38.5 Å². The highest BCUT2D eigenvalue weighted by molar-refractivity contribution is 6.74. The first-order valence-electron chi connectivity index (χ1n) is 19.0. The second-order valence-electron chi connectivity index (χ2n) is 19.1. The van der Waals surface area contributed by atoms with Crippen LogP contribution in [0.1, 0.15) is 107 Å². The zero-order valence-corrected chi connectivity index (χ0v) is 32.7. The fourth-order valence-electron chi connectivity index (χ4n) is 11.5. The summed E-state index contributed by atoms with van der Waals surface area (Å²) < 4.78 is 19.0. The van der Waals surface area contributed by atoms with Crippen LogP contribution in [0.25, 0.3) is 5.69 Å². The highest BCUT2D eigenvalue weighted by Gasteiger charge is 2.75. The molecule has 2 spiro atoms. The molecule has 3 saturated carbocycles. The molecule has 8 rings (SSSR count). The highest BCUT2D eigenvalue weighted by Crippen LogP contribution is 2.74. The molecule has 270 valence electrons. The van der Waals surface area contributed by atoms with E-state index >= 15 is 4.79 Å². The average molecular weight is 692 g/mol. The van der Waals surface area contributed by atoms with Crippen molar-refractivity contribution in [3.05, 3.63) is 63.5 Å². The maximum atomic E-state index is 15.0. The third-order valence-electron chi connectivity index (χ3n) is 15.0. The Bertz CT molecular complexity index is 1750. The summed E-state index contributed by atoms with van der Waals surface area (Å²) in [7, 11) is -2.08. The Balaban J connectivity index is 1.37. The van der Waals surface area contributed by atoms with Gasteiger partial charge in [-0.05, 0) is 119 Å². The number of hydrogen-bond donors (Lipinski definition) is 1. The highest BCUT2D eigenvalue weighted by atomic mass is 28.4. The summed E-state index contributed by atoms with van der Waals surface area (Å²) in [5, 5.41) is 10.4. The summed E-state index contributed by atoms with van der Waals surface area (Å²) in [5.74, 6) is 0.739. The molecule has 0 radical (unpaired) electrons. The van der Waals surface area contributed by atoms with Gasteiger partial charge >= 0.3 is 11.4 Å². The van der Waals surface area contributed by atoms with Gasteiger partial charge in [0.1, 0.15) is 0 Å². The third kappa shape index (κ3) is 4.83. The number of fused-ring (bicyclic) bond motifs is 1. The zero-order chi connectivity index (χ0) is 35.6. The van der Waals surface area contributed by atoms with E-state index in [4.69, 9.17) is 9.16 Å². The van der Waals surface area contributed by atoms with E-state index in [-0.39, 0.29) is 51.3 Å². The second-order valence-corrected chi connectivity index (χ2v) is 23.9. The Morgan fingerprint density at radius 1 is 0.918 bits per heavy atom. The largest absolute Gasteiger partial charge is 0.414 e. The fraction of sp³-hybridized carbons (Fsp3) is 0.750. The van der Waals surface area contributed by atoms with Gasteiger partial charge in [-0.2, -0.15) is 0 Å². The first-order chi connectivity index (χ1) is 22.7. The van der Waals surface area contributed by atoms with Gasteiger partial charge in [0.05, 0.1) is 28.5 Å². The maximum absolute atomic E-state index is 15.0. The number of benzene rings is 1. The van der Waals surface area contributed by atoms with E-state index in [9.17, 15) is 9.90 Å². The number of aromatic nitrogens is 3. The van der Waals surface area contributed by atoms with Crippen LogP contribution in [0.15, 0.2) is 52.1 Å². The van der Waals surface area contributed by atoms with Crippen LogP contribution < -0.4 is 11.4 Å². The molecule has 2 aromatic rings. The minimum Gasteiger partial charge on any atom is -0.414 e. The van der Waals surface area contributed by atoms with Crippen molar-refractivity contribution in [1.29, 1.82) is 0 Å². The molecular formula is C40H61N3O5Si. The van der Waals surface area contributed by atoms with Gasteiger partial charge in [-0.1, -0.05) is 65.0 Å². The van der Waals surface area contributed by atoms with Crippen LogP contribution in [0.5, 0.6) is 0 Å². The van der Waals surface area contributed by atoms with E-state index < -0.39 is 25.0 Å². The standard InChI is InChI=1S/C40H61N3O5Si/c1-27(47-25-24-36(5,6)46)30-16-17-31-37(30,7)20-19-32-38(8)21-18-29(48-49(9,10)35(2,3)4)26-39(38)22-23-40(31,32)43-34(45)41(33(44)42(39)43)28-14-12-11-13-15-28/h11-15,22-23,27,29-32,46H,16-21,24-26H2,1-10H3/t27-,29-,30+,31+,32+,37+,38+,39+,40-/m0/s1. The molecule has 49 heavy (non-hydrogen) atoms. The van der Waals surface area contributed by atoms with E-state index in [1.54, 1.807) is 0 Å². The molecule has 3 heterocycles. The summed E-state index contributed by atoms with van der Waals surface area (Å²) in [6.45, 7) is 22.8. The van der Waals surface area contributed by atoms with E-state index in [1.165, 1.54) is 4.57 Å². The molecule has 0 saturated heterocycles. The quantitative estimate of drug-likeness (QED) is 0.231. The van der Waals surface area contributed by atoms with Crippen LogP contribution in [-0.2, 0) is 20.2 Å². The lowest BCUT2D eigenvalue weighted by Crippen LogP contribution is -2.76. The van der Waals surface area contributed by atoms with Gasteiger partial charge in [0.15, 0.2) is 8.32 Å². The summed E-state index contributed by atoms with van der Waals surface area (Å²) >= 11 is 0. The van der Waals surface area contributed by atoms with Gasteiger partial charge < -0.3 is 14.3 Å². The molecule has 0 unspecified atom stereocenters. The summed E-state index contributed by atoms with van der Waals surface area (Å²) in [4.78, 5) is 30.0. The minimum absolute atomic E-state index is 0.0198. The van der Waals surface area contributed by atoms with Crippen molar-refractivity contribution in [1.82, 2.24) is 13.9 Å². The van der Waals surface area contributed by atoms with Gasteiger partial charge in [0.25, 0.3) is 0 Å². The van der Waals surface area contributed by atoms with Crippen molar-refractivity contribution in [2.75, 3.05) is 6.61 Å². The molecule has 1 N–H and O–H groups in total. The Morgan fingerprint density at radius 3 is 2.24 bits per heavy atom. The van der Waals surface area contributed by atoms with Crippen molar-refractivity contribution >= 4 is 8.32 Å². The molecule has 9 heteroatoms. The van der Waals surface area contributed by atoms with Crippen LogP contribution in [0.2, 0.25) is 18.1 Å². The Hall–Kier alpha value is -2.20. The van der Waals surface area contributed by atoms with Crippen molar-refractivity contribution in [3.8, 4) is 5.69 Å². The minimum atomic E-state index is -2.08. The van der Waals surface area contributed by atoms with Crippen molar-refractivity contribution < 1.29 is 14.3 Å². The van der Waals surface area contributed by atoms with Crippen molar-refractivity contribution in [3.63, 3.8) is 0 Å². The van der Waals surface area contributed by atoms with Crippen molar-refractivity contribution in [2.45, 2.75) is 154 Å². The van der Waals surface area contributed by atoms with Gasteiger partial charge in [0, 0.05) is 24.5 Å². The summed E-state index contributed by atoms with van der Waals surface area (Å²) in [6.07, 6.45) is 12.2. The lowest BCUT2D eigenvalue weighted by atomic mass is 9.40. The van der Waals surface area contributed by atoms with Crippen LogP contribution >= 0.6 is 0 Å². The Morgan fingerprint density at radius 2 is 1.59 bits per heavy atom. The normalized spacial score (nSPS) is 37.4. The number of aliphatic hydroxyl groups is 1. The third-order valence-corrected chi connectivity index (χ3v) is 19.6. The SMILES string of the molecule is C[C@H](OCCC(C)(C)O)[C@H]1CC[C@@H]2[C@]1(C)CC[C@H]1[C@]23C=C[C@]2(C[C@@H](O[Si](C)(C)C(C)(C)C)CC[C@]12C)n1c(=O)n(-c2ccccc2)c(=O)n13. The second kappa shape index (κ2) is 11.1. The number of nitrogens with zero attached hydrogens (tertiary/aromatic N) is 3. The van der Waals surface area contributed by atoms with Gasteiger partial charge in [-0.3, -0.25) is 0 Å². The van der Waals surface area contributed by atoms with Gasteiger partial charge in [-0.15, -0.1) is 0 Å². The molecule has 3 fully saturated rings. The Labute approximate surface area is 294 Å². The average Bonchev–Trinajstić information content (AvgIpc) is 3.51. The van der Waals surface area contributed by atoms with Gasteiger partial charge in [-0.25, -0.2) is 23.5 Å². The van der Waals surface area contributed by atoms with E-state index in [0.29, 0.717) is 31.1 Å². The molecule has 1 aromatic carbocycles. The zero-order valence-electron chi connectivity index (χ0n) is 31.7. The maximum Gasteiger partial charge on any atom is 0.352 e. The van der Waals surface area contributed by atoms with Crippen LogP contribution in [0, 0.1) is 28.6 Å². The van der Waals surface area contributed by atoms with Gasteiger partial charge in [0.2, 0.25) is 0 Å². The molecule has 2 aliphatic heterocycles. The number of hydrogen-bond acceptors (Lipinski definition) is 5.